The van der Waals surface area contributed by atoms with Crippen LogP contribution in [0.3, 0.4) is 0 Å². The minimum atomic E-state index is -0.779. The first-order chi connectivity index (χ1) is 15.2. The summed E-state index contributed by atoms with van der Waals surface area (Å²) in [6.45, 7) is 5.12. The molecule has 1 aliphatic rings. The molecule has 0 bridgehead atoms. The number of aliphatic hydroxyl groups excluding tert-OH is 1. The van der Waals surface area contributed by atoms with Crippen molar-refractivity contribution in [3.63, 3.8) is 0 Å². The van der Waals surface area contributed by atoms with Gasteiger partial charge in [-0.2, -0.15) is 0 Å². The number of aliphatic hydroxyl groups is 1. The van der Waals surface area contributed by atoms with Gasteiger partial charge in [0.15, 0.2) is 0 Å². The molecular weight excluding hydrogens is 453 g/mol. The standard InChI is InChI=1S/C24H25Cl2NO5/c1-14(2)13-32-17-7-4-15(5-8-17)21-20(23(29)24(30)27(21)10-11-31-3)22(28)16-6-9-18(25)19(26)12-16/h4-9,12,14,21,28H,10-11,13H2,1-3H3/b22-20-. The minimum Gasteiger partial charge on any atom is -0.507 e. The van der Waals surface area contributed by atoms with Crippen molar-refractivity contribution in [1.82, 2.24) is 4.90 Å². The van der Waals surface area contributed by atoms with Gasteiger partial charge in [-0.25, -0.2) is 0 Å². The van der Waals surface area contributed by atoms with Crippen molar-refractivity contribution in [1.29, 1.82) is 0 Å². The molecule has 1 amide bonds. The number of hydrogen-bond donors (Lipinski definition) is 1. The van der Waals surface area contributed by atoms with Crippen LogP contribution in [-0.4, -0.2) is 48.6 Å². The number of ether oxygens (including phenoxy) is 2. The molecule has 3 rings (SSSR count). The van der Waals surface area contributed by atoms with E-state index >= 15 is 0 Å². The average Bonchev–Trinajstić information content (AvgIpc) is 3.02. The fraction of sp³-hybridized carbons (Fsp3) is 0.333. The Labute approximate surface area is 197 Å². The highest BCUT2D eigenvalue weighted by atomic mass is 35.5. The van der Waals surface area contributed by atoms with E-state index in [1.165, 1.54) is 24.1 Å². The summed E-state index contributed by atoms with van der Waals surface area (Å²) in [6, 6.07) is 10.9. The van der Waals surface area contributed by atoms with E-state index < -0.39 is 17.7 Å². The molecule has 6 nitrogen and oxygen atoms in total. The molecule has 0 spiro atoms. The van der Waals surface area contributed by atoms with Crippen molar-refractivity contribution in [3.05, 3.63) is 69.2 Å². The zero-order valence-electron chi connectivity index (χ0n) is 18.1. The van der Waals surface area contributed by atoms with E-state index in [0.29, 0.717) is 34.4 Å². The molecule has 1 atom stereocenters. The van der Waals surface area contributed by atoms with Gasteiger partial charge in [-0.15, -0.1) is 0 Å². The molecule has 1 N–H and O–H groups in total. The van der Waals surface area contributed by atoms with Crippen LogP contribution in [0.1, 0.15) is 31.0 Å². The largest absolute Gasteiger partial charge is 0.507 e. The Morgan fingerprint density at radius 3 is 2.38 bits per heavy atom. The number of hydrogen-bond acceptors (Lipinski definition) is 5. The van der Waals surface area contributed by atoms with Crippen LogP contribution in [0, 0.1) is 5.92 Å². The highest BCUT2D eigenvalue weighted by Gasteiger charge is 2.45. The van der Waals surface area contributed by atoms with Crippen molar-refractivity contribution in [2.75, 3.05) is 26.9 Å². The summed E-state index contributed by atoms with van der Waals surface area (Å²) in [4.78, 5) is 27.2. The van der Waals surface area contributed by atoms with Gasteiger partial charge in [0.25, 0.3) is 11.7 Å². The number of Topliss-reactive ketones (excluding diaryl/α,β-unsaturated/α-hetero) is 1. The summed E-state index contributed by atoms with van der Waals surface area (Å²) in [7, 11) is 1.52. The van der Waals surface area contributed by atoms with Crippen molar-refractivity contribution in [2.24, 2.45) is 5.92 Å². The highest BCUT2D eigenvalue weighted by Crippen LogP contribution is 2.40. The third-order valence-corrected chi connectivity index (χ3v) is 5.79. The van der Waals surface area contributed by atoms with Crippen LogP contribution in [-0.2, 0) is 14.3 Å². The molecular formula is C24H25Cl2NO5. The summed E-state index contributed by atoms with van der Waals surface area (Å²) < 4.78 is 10.8. The van der Waals surface area contributed by atoms with Crippen LogP contribution in [0.15, 0.2) is 48.0 Å². The van der Waals surface area contributed by atoms with Gasteiger partial charge in [0, 0.05) is 19.2 Å². The van der Waals surface area contributed by atoms with E-state index in [1.807, 2.05) is 0 Å². The zero-order valence-corrected chi connectivity index (χ0v) is 19.6. The van der Waals surface area contributed by atoms with E-state index in [-0.39, 0.29) is 29.5 Å². The first-order valence-electron chi connectivity index (χ1n) is 10.2. The molecule has 1 saturated heterocycles. The molecule has 1 heterocycles. The smallest absolute Gasteiger partial charge is 0.295 e. The molecule has 32 heavy (non-hydrogen) atoms. The predicted molar refractivity (Wildman–Crippen MR) is 124 cm³/mol. The topological polar surface area (TPSA) is 76.1 Å². The van der Waals surface area contributed by atoms with Crippen LogP contribution >= 0.6 is 23.2 Å². The van der Waals surface area contributed by atoms with Gasteiger partial charge < -0.3 is 19.5 Å². The molecule has 2 aromatic carbocycles. The quantitative estimate of drug-likeness (QED) is 0.325. The number of ketones is 1. The molecule has 170 valence electrons. The molecule has 1 aliphatic heterocycles. The fourth-order valence-corrected chi connectivity index (χ4v) is 3.75. The summed E-state index contributed by atoms with van der Waals surface area (Å²) in [5.41, 5.74) is 0.949. The Hall–Kier alpha value is -2.54. The van der Waals surface area contributed by atoms with Crippen LogP contribution in [0.4, 0.5) is 0 Å². The van der Waals surface area contributed by atoms with Gasteiger partial charge in [-0.1, -0.05) is 49.2 Å². The number of rotatable bonds is 8. The molecule has 0 aliphatic carbocycles. The first-order valence-corrected chi connectivity index (χ1v) is 11.0. The first kappa shape index (κ1) is 24.1. The Bertz CT molecular complexity index is 1030. The third kappa shape index (κ3) is 5.09. The monoisotopic (exact) mass is 477 g/mol. The van der Waals surface area contributed by atoms with E-state index in [0.717, 1.165) is 0 Å². The number of halogens is 2. The van der Waals surface area contributed by atoms with Gasteiger partial charge in [-0.3, -0.25) is 9.59 Å². The molecule has 1 unspecified atom stereocenters. The number of likely N-dealkylation sites (tertiary alicyclic amines) is 1. The van der Waals surface area contributed by atoms with Crippen molar-refractivity contribution in [3.8, 4) is 5.75 Å². The second-order valence-corrected chi connectivity index (χ2v) is 8.70. The maximum absolute atomic E-state index is 12.9. The molecule has 1 fully saturated rings. The fourth-order valence-electron chi connectivity index (χ4n) is 3.45. The van der Waals surface area contributed by atoms with Crippen LogP contribution in [0.2, 0.25) is 10.0 Å². The summed E-state index contributed by atoms with van der Waals surface area (Å²) in [5, 5.41) is 11.6. The van der Waals surface area contributed by atoms with Crippen LogP contribution in [0.25, 0.3) is 5.76 Å². The number of carbonyl (C=O) groups excluding carboxylic acids is 2. The van der Waals surface area contributed by atoms with Crippen LogP contribution < -0.4 is 4.74 Å². The summed E-state index contributed by atoms with van der Waals surface area (Å²) in [6.07, 6.45) is 0. The van der Waals surface area contributed by atoms with Crippen molar-refractivity contribution >= 4 is 40.7 Å². The number of carbonyl (C=O) groups is 2. The summed E-state index contributed by atoms with van der Waals surface area (Å²) >= 11 is 12.1. The van der Waals surface area contributed by atoms with Gasteiger partial charge in [-0.05, 0) is 41.8 Å². The van der Waals surface area contributed by atoms with E-state index in [4.69, 9.17) is 32.7 Å². The third-order valence-electron chi connectivity index (χ3n) is 5.05. The Balaban J connectivity index is 2.06. The normalized spacial score (nSPS) is 17.9. The van der Waals surface area contributed by atoms with Gasteiger partial charge in [0.05, 0.1) is 34.9 Å². The maximum atomic E-state index is 12.9. The van der Waals surface area contributed by atoms with Crippen molar-refractivity contribution < 1.29 is 24.2 Å². The molecule has 8 heteroatoms. The number of methoxy groups -OCH3 is 1. The van der Waals surface area contributed by atoms with Gasteiger partial charge in [0.1, 0.15) is 11.5 Å². The van der Waals surface area contributed by atoms with Crippen molar-refractivity contribution in [2.45, 2.75) is 19.9 Å². The lowest BCUT2D eigenvalue weighted by molar-refractivity contribution is -0.140. The molecule has 0 saturated carbocycles. The molecule has 0 radical (unpaired) electrons. The lowest BCUT2D eigenvalue weighted by Gasteiger charge is -2.25. The SMILES string of the molecule is COCCN1C(=O)C(=O)/C(=C(\O)c2ccc(Cl)c(Cl)c2)C1c1ccc(OCC(C)C)cc1. The second-order valence-electron chi connectivity index (χ2n) is 7.89. The van der Waals surface area contributed by atoms with E-state index in [2.05, 4.69) is 13.8 Å². The Morgan fingerprint density at radius 2 is 1.78 bits per heavy atom. The number of amides is 1. The number of nitrogens with zero attached hydrogens (tertiary/aromatic N) is 1. The summed E-state index contributed by atoms with van der Waals surface area (Å²) in [5.74, 6) is -0.724. The van der Waals surface area contributed by atoms with E-state index in [1.54, 1.807) is 30.3 Å². The lowest BCUT2D eigenvalue weighted by atomic mass is 9.95. The second kappa shape index (κ2) is 10.4. The average molecular weight is 478 g/mol. The van der Waals surface area contributed by atoms with Crippen LogP contribution in [0.5, 0.6) is 5.75 Å². The Morgan fingerprint density at radius 1 is 1.09 bits per heavy atom. The lowest BCUT2D eigenvalue weighted by Crippen LogP contribution is -2.32. The zero-order chi connectivity index (χ0) is 23.4. The van der Waals surface area contributed by atoms with Gasteiger partial charge in [0.2, 0.25) is 0 Å². The molecule has 0 aromatic heterocycles. The Kier molecular flexibility index (Phi) is 7.82. The minimum absolute atomic E-state index is 0.0136. The van der Waals surface area contributed by atoms with E-state index in [9.17, 15) is 14.7 Å². The molecule has 2 aromatic rings. The highest BCUT2D eigenvalue weighted by molar-refractivity contribution is 6.46. The number of benzene rings is 2. The maximum Gasteiger partial charge on any atom is 0.295 e. The predicted octanol–water partition coefficient (Wildman–Crippen LogP) is 5.10. The van der Waals surface area contributed by atoms with Gasteiger partial charge >= 0.3 is 0 Å².